The minimum Gasteiger partial charge on any atom is -0.385 e. The first-order chi connectivity index (χ1) is 18.9. The Morgan fingerprint density at radius 2 is 2.00 bits per heavy atom. The first kappa shape index (κ1) is 27.2. The molecule has 2 aliphatic heterocycles. The van der Waals surface area contributed by atoms with Crippen LogP contribution in [0.3, 0.4) is 0 Å². The molecule has 0 spiro atoms. The van der Waals surface area contributed by atoms with E-state index in [0.29, 0.717) is 18.6 Å². The maximum absolute atomic E-state index is 14.1. The predicted octanol–water partition coefficient (Wildman–Crippen LogP) is 4.00. The molecule has 1 aromatic heterocycles. The van der Waals surface area contributed by atoms with Crippen LogP contribution in [-0.2, 0) is 16.0 Å². The zero-order chi connectivity index (χ0) is 27.4. The van der Waals surface area contributed by atoms with Crippen LogP contribution < -0.4 is 16.0 Å². The van der Waals surface area contributed by atoms with Gasteiger partial charge in [0.05, 0.1) is 29.5 Å². The number of carbonyl (C=O) groups is 1. The number of hydrogen-bond donors (Lipinski definition) is 3. The third kappa shape index (κ3) is 6.11. The van der Waals surface area contributed by atoms with Crippen molar-refractivity contribution in [3.63, 3.8) is 0 Å². The fraction of sp³-hybridized carbons (Fsp3) is 0.400. The van der Waals surface area contributed by atoms with Crippen LogP contribution in [-0.4, -0.2) is 54.6 Å². The number of amides is 1. The van der Waals surface area contributed by atoms with Gasteiger partial charge in [0.2, 0.25) is 5.91 Å². The second kappa shape index (κ2) is 12.2. The summed E-state index contributed by atoms with van der Waals surface area (Å²) in [5.41, 5.74) is 5.42. The van der Waals surface area contributed by atoms with Gasteiger partial charge >= 0.3 is 0 Å². The summed E-state index contributed by atoms with van der Waals surface area (Å²) in [4.78, 5) is 13.5. The zero-order valence-corrected chi connectivity index (χ0v) is 22.3. The molecule has 3 heterocycles. The molecule has 0 saturated carbocycles. The molecule has 5 rings (SSSR count). The number of aromatic nitrogens is 2. The highest BCUT2D eigenvalue weighted by Gasteiger charge is 2.36. The van der Waals surface area contributed by atoms with Crippen molar-refractivity contribution in [1.82, 2.24) is 25.7 Å². The fourth-order valence-corrected chi connectivity index (χ4v) is 5.59. The molecular formula is C30H35F2N5O2. The van der Waals surface area contributed by atoms with Crippen LogP contribution in [0.4, 0.5) is 8.78 Å². The quantitative estimate of drug-likeness (QED) is 0.386. The monoisotopic (exact) mass is 535 g/mol. The lowest BCUT2D eigenvalue weighted by molar-refractivity contribution is -0.121. The Morgan fingerprint density at radius 3 is 2.72 bits per heavy atom. The minimum atomic E-state index is -0.901. The zero-order valence-electron chi connectivity index (χ0n) is 22.3. The molecule has 3 N–H and O–H groups in total. The Bertz CT molecular complexity index is 1340. The van der Waals surface area contributed by atoms with E-state index >= 15 is 0 Å². The molecule has 39 heavy (non-hydrogen) atoms. The molecule has 0 radical (unpaired) electrons. The normalized spacial score (nSPS) is 21.1. The summed E-state index contributed by atoms with van der Waals surface area (Å²) in [6.07, 6.45) is 4.58. The van der Waals surface area contributed by atoms with Crippen molar-refractivity contribution in [2.24, 2.45) is 0 Å². The predicted molar refractivity (Wildman–Crippen MR) is 147 cm³/mol. The maximum Gasteiger partial charge on any atom is 0.226 e. The topological polar surface area (TPSA) is 80.2 Å². The van der Waals surface area contributed by atoms with Gasteiger partial charge in [-0.2, -0.15) is 5.10 Å². The van der Waals surface area contributed by atoms with Crippen molar-refractivity contribution in [3.05, 3.63) is 88.8 Å². The number of nitrogens with zero attached hydrogens (tertiary/aromatic N) is 2. The van der Waals surface area contributed by atoms with Gasteiger partial charge in [0.25, 0.3) is 0 Å². The van der Waals surface area contributed by atoms with Gasteiger partial charge < -0.3 is 20.7 Å². The number of methoxy groups -OCH3 is 1. The van der Waals surface area contributed by atoms with Crippen LogP contribution in [0, 0.1) is 18.6 Å². The number of para-hydroxylation sites is 1. The second-order valence-corrected chi connectivity index (χ2v) is 10.2. The minimum absolute atomic E-state index is 0.0726. The molecule has 9 heteroatoms. The van der Waals surface area contributed by atoms with E-state index in [2.05, 4.69) is 22.0 Å². The Kier molecular flexibility index (Phi) is 8.50. The van der Waals surface area contributed by atoms with Crippen molar-refractivity contribution >= 4 is 11.5 Å². The summed E-state index contributed by atoms with van der Waals surface area (Å²) in [5.74, 6) is -1.94. The average molecular weight is 536 g/mol. The Hall–Kier alpha value is -3.40. The molecule has 2 aromatic carbocycles. The first-order valence-electron chi connectivity index (χ1n) is 13.5. The number of ether oxygens (including phenoxy) is 1. The largest absolute Gasteiger partial charge is 0.385 e. The van der Waals surface area contributed by atoms with E-state index in [9.17, 15) is 13.6 Å². The molecule has 1 saturated heterocycles. The van der Waals surface area contributed by atoms with Crippen LogP contribution >= 0.6 is 0 Å². The van der Waals surface area contributed by atoms with Gasteiger partial charge in [0.1, 0.15) is 0 Å². The smallest absolute Gasteiger partial charge is 0.226 e. The highest BCUT2D eigenvalue weighted by Crippen LogP contribution is 2.31. The summed E-state index contributed by atoms with van der Waals surface area (Å²) in [6, 6.07) is 13.2. The molecule has 3 aromatic rings. The summed E-state index contributed by atoms with van der Waals surface area (Å²) < 4.78 is 34.8. The lowest BCUT2D eigenvalue weighted by Gasteiger charge is -2.22. The Labute approximate surface area is 227 Å². The number of halogens is 2. The van der Waals surface area contributed by atoms with Gasteiger partial charge in [-0.3, -0.25) is 4.79 Å². The van der Waals surface area contributed by atoms with E-state index in [0.717, 1.165) is 54.6 Å². The average Bonchev–Trinajstić information content (AvgIpc) is 3.50. The van der Waals surface area contributed by atoms with Crippen LogP contribution in [0.2, 0.25) is 0 Å². The second-order valence-electron chi connectivity index (χ2n) is 10.2. The van der Waals surface area contributed by atoms with E-state index < -0.39 is 11.6 Å². The van der Waals surface area contributed by atoms with Crippen LogP contribution in [0.5, 0.6) is 0 Å². The van der Waals surface area contributed by atoms with Gasteiger partial charge in [-0.25, -0.2) is 13.5 Å². The van der Waals surface area contributed by atoms with Gasteiger partial charge in [0.15, 0.2) is 11.6 Å². The first-order valence-corrected chi connectivity index (χ1v) is 13.5. The number of benzene rings is 2. The third-order valence-corrected chi connectivity index (χ3v) is 7.62. The van der Waals surface area contributed by atoms with Crippen molar-refractivity contribution in [1.29, 1.82) is 0 Å². The molecule has 0 bridgehead atoms. The molecular weight excluding hydrogens is 500 g/mol. The van der Waals surface area contributed by atoms with Crippen LogP contribution in [0.1, 0.15) is 47.8 Å². The van der Waals surface area contributed by atoms with Gasteiger partial charge in [-0.05, 0) is 73.7 Å². The SMILES string of the molecule is COCC[C@@H]1C[C@@H](NC(=O)Cc2c(C)c(C3=CCNCC3)nn2-c2ccccc2)[C@H](c2ccc(F)c(F)c2)N1. The van der Waals surface area contributed by atoms with E-state index in [4.69, 9.17) is 9.84 Å². The fourth-order valence-electron chi connectivity index (χ4n) is 5.59. The van der Waals surface area contributed by atoms with E-state index in [1.165, 1.54) is 11.6 Å². The summed E-state index contributed by atoms with van der Waals surface area (Å²) >= 11 is 0. The van der Waals surface area contributed by atoms with E-state index in [-0.39, 0.29) is 30.5 Å². The summed E-state index contributed by atoms with van der Waals surface area (Å²) in [5, 5.41) is 15.0. The summed E-state index contributed by atoms with van der Waals surface area (Å²) in [7, 11) is 1.65. The van der Waals surface area contributed by atoms with Crippen molar-refractivity contribution in [3.8, 4) is 5.69 Å². The van der Waals surface area contributed by atoms with Gasteiger partial charge in [-0.1, -0.05) is 30.3 Å². The van der Waals surface area contributed by atoms with E-state index in [1.807, 2.05) is 41.9 Å². The Morgan fingerprint density at radius 1 is 1.18 bits per heavy atom. The number of nitrogens with one attached hydrogen (secondary N) is 3. The molecule has 206 valence electrons. The number of hydrogen-bond acceptors (Lipinski definition) is 5. The molecule has 7 nitrogen and oxygen atoms in total. The highest BCUT2D eigenvalue weighted by molar-refractivity contribution is 5.80. The van der Waals surface area contributed by atoms with E-state index in [1.54, 1.807) is 13.2 Å². The third-order valence-electron chi connectivity index (χ3n) is 7.62. The highest BCUT2D eigenvalue weighted by atomic mass is 19.2. The lowest BCUT2D eigenvalue weighted by Crippen LogP contribution is -2.39. The molecule has 0 aliphatic carbocycles. The number of carbonyl (C=O) groups excluding carboxylic acids is 1. The van der Waals surface area contributed by atoms with Crippen molar-refractivity contribution in [2.45, 2.75) is 50.7 Å². The summed E-state index contributed by atoms with van der Waals surface area (Å²) in [6.45, 7) is 4.28. The van der Waals surface area contributed by atoms with Crippen LogP contribution in [0.25, 0.3) is 11.3 Å². The van der Waals surface area contributed by atoms with Gasteiger partial charge in [0, 0.05) is 32.3 Å². The number of rotatable bonds is 9. The molecule has 3 atom stereocenters. The van der Waals surface area contributed by atoms with Gasteiger partial charge in [-0.15, -0.1) is 0 Å². The van der Waals surface area contributed by atoms with Crippen LogP contribution in [0.15, 0.2) is 54.6 Å². The lowest BCUT2D eigenvalue weighted by atomic mass is 9.98. The molecule has 0 unspecified atom stereocenters. The Balaban J connectivity index is 1.40. The van der Waals surface area contributed by atoms with Crippen molar-refractivity contribution < 1.29 is 18.3 Å². The molecule has 1 amide bonds. The maximum atomic E-state index is 14.1. The molecule has 1 fully saturated rings. The standard InChI is InChI=1S/C30H35F2N5O2/c1-19-27(37(23-6-4-3-5-7-23)36-29(19)20-10-13-33-14-11-20)18-28(38)35-26-17-22(12-15-39-2)34-30(26)21-8-9-24(31)25(32)16-21/h3-10,16,22,26,30,33-34H,11-15,17-18H2,1-2H3,(H,35,38)/t22-,26-,30+/m1/s1. The molecule has 2 aliphatic rings. The van der Waals surface area contributed by atoms with Crippen molar-refractivity contribution in [2.75, 3.05) is 26.8 Å².